The van der Waals surface area contributed by atoms with Crippen LogP contribution in [0.5, 0.6) is 11.5 Å². The molecule has 2 heterocycles. The van der Waals surface area contributed by atoms with Crippen molar-refractivity contribution in [3.63, 3.8) is 0 Å². The van der Waals surface area contributed by atoms with Crippen molar-refractivity contribution in [2.75, 3.05) is 11.9 Å². The lowest BCUT2D eigenvalue weighted by Gasteiger charge is -2.31. The van der Waals surface area contributed by atoms with Gasteiger partial charge in [0.1, 0.15) is 17.0 Å². The van der Waals surface area contributed by atoms with Crippen LogP contribution in [0.2, 0.25) is 0 Å². The number of nitrogens with zero attached hydrogens (tertiary/aromatic N) is 2. The fourth-order valence-corrected chi connectivity index (χ4v) is 3.18. The number of hydrogen-bond acceptors (Lipinski definition) is 4. The largest absolute Gasteiger partial charge is 0.506 e. The smallest absolute Gasteiger partial charge is 0.141 e. The second kappa shape index (κ2) is 5.98. The molecule has 0 radical (unpaired) electrons. The monoisotopic (exact) mass is 330 g/mol. The van der Waals surface area contributed by atoms with Crippen molar-refractivity contribution >= 4 is 28.7 Å². The van der Waals surface area contributed by atoms with Crippen molar-refractivity contribution in [2.24, 2.45) is 0 Å². The first-order valence-corrected chi connectivity index (χ1v) is 8.13. The number of likely N-dealkylation sites (N-methyl/N-ethyl adjacent to an activating group) is 1. The van der Waals surface area contributed by atoms with Crippen LogP contribution in [0.4, 0.5) is 5.69 Å². The minimum Gasteiger partial charge on any atom is -0.506 e. The van der Waals surface area contributed by atoms with Gasteiger partial charge in [-0.15, -0.1) is 0 Å². The van der Waals surface area contributed by atoms with Gasteiger partial charge in [0, 0.05) is 18.0 Å². The molecule has 2 N–H and O–H groups in total. The van der Waals surface area contributed by atoms with Gasteiger partial charge >= 0.3 is 0 Å². The quantitative estimate of drug-likeness (QED) is 0.740. The van der Waals surface area contributed by atoms with Gasteiger partial charge in [0.2, 0.25) is 0 Å². The Morgan fingerprint density at radius 1 is 1.00 bits per heavy atom. The normalized spacial score (nSPS) is 16.5. The topological polar surface area (TPSA) is 56.6 Å². The number of hydrogen-bond donors (Lipinski definition) is 2. The summed E-state index contributed by atoms with van der Waals surface area (Å²) in [5, 5.41) is 21.0. The number of para-hydroxylation sites is 2. The average Bonchev–Trinajstić information content (AvgIpc) is 2.62. The van der Waals surface area contributed by atoms with E-state index in [1.165, 1.54) is 0 Å². The second-order valence-corrected chi connectivity index (χ2v) is 6.12. The standard InChI is InChI=1S/C21H18N2O2/c1-23-17(12-9-15-5-3-7-19(25)21(15)23)13-11-16-10-8-14-4-2-6-18(24)20(14)22-16/h2-13,17,24-25H,1H3/b13-11+. The van der Waals surface area contributed by atoms with Crippen molar-refractivity contribution in [3.05, 3.63) is 71.9 Å². The van der Waals surface area contributed by atoms with Gasteiger partial charge in [-0.05, 0) is 24.3 Å². The lowest BCUT2D eigenvalue weighted by atomic mass is 10.0. The fraction of sp³-hybridized carbons (Fsp3) is 0.0952. The molecule has 1 aliphatic rings. The van der Waals surface area contributed by atoms with Gasteiger partial charge in [0.15, 0.2) is 0 Å². The molecule has 3 aromatic rings. The van der Waals surface area contributed by atoms with Crippen LogP contribution in [0.15, 0.2) is 60.7 Å². The maximum Gasteiger partial charge on any atom is 0.141 e. The summed E-state index contributed by atoms with van der Waals surface area (Å²) in [6, 6.07) is 14.8. The number of anilines is 1. The molecule has 4 nitrogen and oxygen atoms in total. The van der Waals surface area contributed by atoms with Gasteiger partial charge < -0.3 is 15.1 Å². The van der Waals surface area contributed by atoms with Gasteiger partial charge in [-0.1, -0.05) is 48.6 Å². The zero-order valence-electron chi connectivity index (χ0n) is 13.8. The van der Waals surface area contributed by atoms with Crippen LogP contribution in [-0.2, 0) is 0 Å². The van der Waals surface area contributed by atoms with Crippen molar-refractivity contribution < 1.29 is 10.2 Å². The van der Waals surface area contributed by atoms with Gasteiger partial charge in [-0.25, -0.2) is 4.98 Å². The van der Waals surface area contributed by atoms with Crippen molar-refractivity contribution in [2.45, 2.75) is 6.04 Å². The molecule has 0 bridgehead atoms. The van der Waals surface area contributed by atoms with Crippen LogP contribution in [0.25, 0.3) is 23.1 Å². The van der Waals surface area contributed by atoms with Gasteiger partial charge in [0.25, 0.3) is 0 Å². The number of pyridine rings is 1. The predicted octanol–water partition coefficient (Wildman–Crippen LogP) is 4.19. The first-order chi connectivity index (χ1) is 12.1. The summed E-state index contributed by atoms with van der Waals surface area (Å²) in [6.45, 7) is 0. The highest BCUT2D eigenvalue weighted by molar-refractivity contribution is 5.85. The molecule has 124 valence electrons. The van der Waals surface area contributed by atoms with Crippen LogP contribution in [0, 0.1) is 0 Å². The van der Waals surface area contributed by atoms with Gasteiger partial charge in [-0.3, -0.25) is 0 Å². The molecule has 0 fully saturated rings. The van der Waals surface area contributed by atoms with E-state index in [1.807, 2.05) is 60.5 Å². The molecule has 0 saturated carbocycles. The molecule has 4 rings (SSSR count). The van der Waals surface area contributed by atoms with Gasteiger partial charge in [-0.2, -0.15) is 0 Å². The Morgan fingerprint density at radius 2 is 1.80 bits per heavy atom. The maximum absolute atomic E-state index is 10.1. The number of fused-ring (bicyclic) bond motifs is 2. The minimum atomic E-state index is 0.0164. The SMILES string of the molecule is CN1c2c(O)cccc2C=CC1/C=C/c1ccc2cccc(O)c2n1. The molecule has 1 atom stereocenters. The predicted molar refractivity (Wildman–Crippen MR) is 102 cm³/mol. The molecule has 0 spiro atoms. The lowest BCUT2D eigenvalue weighted by Crippen LogP contribution is -2.30. The minimum absolute atomic E-state index is 0.0164. The Labute approximate surface area is 146 Å². The summed E-state index contributed by atoms with van der Waals surface area (Å²) in [5.41, 5.74) is 3.20. The molecule has 1 aromatic heterocycles. The van der Waals surface area contributed by atoms with Crippen LogP contribution >= 0.6 is 0 Å². The number of phenolic OH excluding ortho intramolecular Hbond substituents is 2. The Balaban J connectivity index is 1.65. The third kappa shape index (κ3) is 2.72. The molecule has 0 amide bonds. The third-order valence-corrected chi connectivity index (χ3v) is 4.50. The summed E-state index contributed by atoms with van der Waals surface area (Å²) >= 11 is 0. The van der Waals surface area contributed by atoms with E-state index in [-0.39, 0.29) is 17.5 Å². The molecule has 0 aliphatic carbocycles. The Kier molecular flexibility index (Phi) is 3.65. The van der Waals surface area contributed by atoms with Crippen LogP contribution in [0.1, 0.15) is 11.3 Å². The maximum atomic E-state index is 10.1. The summed E-state index contributed by atoms with van der Waals surface area (Å²) in [7, 11) is 1.96. The van der Waals surface area contributed by atoms with E-state index in [2.05, 4.69) is 11.1 Å². The van der Waals surface area contributed by atoms with E-state index in [4.69, 9.17) is 0 Å². The number of benzene rings is 2. The Morgan fingerprint density at radius 3 is 2.68 bits per heavy atom. The van der Waals surface area contributed by atoms with Crippen molar-refractivity contribution in [3.8, 4) is 11.5 Å². The number of aromatic nitrogens is 1. The van der Waals surface area contributed by atoms with E-state index in [9.17, 15) is 10.2 Å². The Hall–Kier alpha value is -3.27. The molecular weight excluding hydrogens is 312 g/mol. The molecule has 25 heavy (non-hydrogen) atoms. The number of aromatic hydroxyl groups is 2. The average molecular weight is 330 g/mol. The van der Waals surface area contributed by atoms with Crippen molar-refractivity contribution in [1.82, 2.24) is 4.98 Å². The zero-order chi connectivity index (χ0) is 17.4. The molecule has 0 saturated heterocycles. The molecular formula is C21H18N2O2. The number of phenols is 2. The van der Waals surface area contributed by atoms with Crippen LogP contribution < -0.4 is 4.90 Å². The summed E-state index contributed by atoms with van der Waals surface area (Å²) in [5.74, 6) is 0.456. The second-order valence-electron chi connectivity index (χ2n) is 6.12. The number of rotatable bonds is 2. The Bertz CT molecular complexity index is 1010. The summed E-state index contributed by atoms with van der Waals surface area (Å²) in [6.07, 6.45) is 8.06. The lowest BCUT2D eigenvalue weighted by molar-refractivity contribution is 0.474. The highest BCUT2D eigenvalue weighted by atomic mass is 16.3. The van der Waals surface area contributed by atoms with Crippen molar-refractivity contribution in [1.29, 1.82) is 0 Å². The van der Waals surface area contributed by atoms with Crippen LogP contribution in [0.3, 0.4) is 0 Å². The van der Waals surface area contributed by atoms with E-state index in [1.54, 1.807) is 18.2 Å². The molecule has 4 heteroatoms. The molecule has 2 aromatic carbocycles. The van der Waals surface area contributed by atoms with E-state index < -0.39 is 0 Å². The van der Waals surface area contributed by atoms with Gasteiger partial charge in [0.05, 0.1) is 17.4 Å². The third-order valence-electron chi connectivity index (χ3n) is 4.50. The first kappa shape index (κ1) is 15.3. The van der Waals surface area contributed by atoms with E-state index >= 15 is 0 Å². The summed E-state index contributed by atoms with van der Waals surface area (Å²) in [4.78, 5) is 6.54. The highest BCUT2D eigenvalue weighted by Gasteiger charge is 2.19. The van der Waals surface area contributed by atoms with E-state index in [0.717, 1.165) is 22.3 Å². The first-order valence-electron chi connectivity index (χ1n) is 8.13. The molecule has 1 aliphatic heterocycles. The van der Waals surface area contributed by atoms with Crippen LogP contribution in [-0.4, -0.2) is 28.3 Å². The summed E-state index contributed by atoms with van der Waals surface area (Å²) < 4.78 is 0. The zero-order valence-corrected chi connectivity index (χ0v) is 13.8. The fourth-order valence-electron chi connectivity index (χ4n) is 3.18. The highest BCUT2D eigenvalue weighted by Crippen LogP contribution is 2.36. The molecule has 1 unspecified atom stereocenters. The van der Waals surface area contributed by atoms with E-state index in [0.29, 0.717) is 5.52 Å².